The van der Waals surface area contributed by atoms with E-state index < -0.39 is 5.41 Å². The van der Waals surface area contributed by atoms with Gasteiger partial charge in [-0.1, -0.05) is 65.8 Å². The average Bonchev–Trinajstić information content (AvgIpc) is 2.82. The molecule has 1 heterocycles. The maximum Gasteiger partial charge on any atom is 0.144 e. The molecule has 0 amide bonds. The van der Waals surface area contributed by atoms with Gasteiger partial charge in [-0.2, -0.15) is 0 Å². The van der Waals surface area contributed by atoms with E-state index in [0.717, 1.165) is 57.5 Å². The van der Waals surface area contributed by atoms with Crippen molar-refractivity contribution in [2.24, 2.45) is 0 Å². The highest BCUT2D eigenvalue weighted by Crippen LogP contribution is 2.42. The fourth-order valence-corrected chi connectivity index (χ4v) is 5.35. The molecule has 2 aliphatic rings. The summed E-state index contributed by atoms with van der Waals surface area (Å²) in [5, 5.41) is 0. The molecule has 1 unspecified atom stereocenters. The van der Waals surface area contributed by atoms with Crippen molar-refractivity contribution < 1.29 is 4.79 Å². The van der Waals surface area contributed by atoms with E-state index in [0.29, 0.717) is 0 Å². The SMILES string of the molecule is CC(=O)C(CCN1CCN(c2ccc(C)cc2)CC1)(C1=CCCC=C1C)c1ccccc1. The number of piperazine rings is 1. The van der Waals surface area contributed by atoms with Gasteiger partial charge in [-0.25, -0.2) is 0 Å². The Morgan fingerprint density at radius 2 is 1.53 bits per heavy atom. The lowest BCUT2D eigenvalue weighted by atomic mass is 9.65. The number of benzene rings is 2. The highest BCUT2D eigenvalue weighted by Gasteiger charge is 2.42. The molecule has 0 saturated carbocycles. The number of aryl methyl sites for hydroxylation is 1. The molecule has 0 bridgehead atoms. The Balaban J connectivity index is 1.51. The fourth-order valence-electron chi connectivity index (χ4n) is 5.35. The van der Waals surface area contributed by atoms with Gasteiger partial charge in [0.1, 0.15) is 5.78 Å². The van der Waals surface area contributed by atoms with Crippen LogP contribution in [0.1, 0.15) is 44.2 Å². The normalized spacial score (nSPS) is 19.2. The van der Waals surface area contributed by atoms with Gasteiger partial charge in [-0.15, -0.1) is 0 Å². The molecule has 0 spiro atoms. The van der Waals surface area contributed by atoms with Crippen LogP contribution in [0.25, 0.3) is 0 Å². The Morgan fingerprint density at radius 1 is 0.875 bits per heavy atom. The molecule has 32 heavy (non-hydrogen) atoms. The second-order valence-corrected chi connectivity index (χ2v) is 9.32. The summed E-state index contributed by atoms with van der Waals surface area (Å²) in [6.45, 7) is 11.1. The predicted octanol–water partition coefficient (Wildman–Crippen LogP) is 5.70. The second kappa shape index (κ2) is 9.87. The van der Waals surface area contributed by atoms with Crippen molar-refractivity contribution in [3.05, 3.63) is 89.0 Å². The van der Waals surface area contributed by atoms with Crippen LogP contribution in [0.4, 0.5) is 5.69 Å². The predicted molar refractivity (Wildman–Crippen MR) is 134 cm³/mol. The Morgan fingerprint density at radius 3 is 2.16 bits per heavy atom. The Kier molecular flexibility index (Phi) is 6.95. The minimum Gasteiger partial charge on any atom is -0.369 e. The van der Waals surface area contributed by atoms with Crippen LogP contribution in [0, 0.1) is 6.92 Å². The average molecular weight is 429 g/mol. The first kappa shape index (κ1) is 22.5. The van der Waals surface area contributed by atoms with Gasteiger partial charge in [0.15, 0.2) is 0 Å². The molecule has 1 atom stereocenters. The fraction of sp³-hybridized carbons (Fsp3) is 0.414. The summed E-state index contributed by atoms with van der Waals surface area (Å²) >= 11 is 0. The summed E-state index contributed by atoms with van der Waals surface area (Å²) in [5.41, 5.74) is 5.67. The summed E-state index contributed by atoms with van der Waals surface area (Å²) in [6, 6.07) is 19.3. The third-order valence-corrected chi connectivity index (χ3v) is 7.29. The molecule has 1 fully saturated rings. The number of carbonyl (C=O) groups is 1. The van der Waals surface area contributed by atoms with Gasteiger partial charge < -0.3 is 4.90 Å². The Hall–Kier alpha value is -2.65. The summed E-state index contributed by atoms with van der Waals surface area (Å²) in [5.74, 6) is 0.253. The first-order valence-corrected chi connectivity index (χ1v) is 12.0. The number of anilines is 1. The Labute approximate surface area is 193 Å². The van der Waals surface area contributed by atoms with Gasteiger partial charge in [-0.05, 0) is 69.8 Å². The van der Waals surface area contributed by atoms with Crippen molar-refractivity contribution in [2.45, 2.75) is 45.4 Å². The summed E-state index contributed by atoms with van der Waals surface area (Å²) < 4.78 is 0. The second-order valence-electron chi connectivity index (χ2n) is 9.32. The van der Waals surface area contributed by atoms with Crippen molar-refractivity contribution in [3.63, 3.8) is 0 Å². The van der Waals surface area contributed by atoms with Gasteiger partial charge in [-0.3, -0.25) is 9.69 Å². The van der Waals surface area contributed by atoms with Crippen LogP contribution in [0.15, 0.2) is 77.9 Å². The summed E-state index contributed by atoms with van der Waals surface area (Å²) in [4.78, 5) is 18.4. The van der Waals surface area contributed by atoms with Crippen molar-refractivity contribution in [1.29, 1.82) is 0 Å². The van der Waals surface area contributed by atoms with Crippen molar-refractivity contribution in [1.82, 2.24) is 4.90 Å². The zero-order valence-electron chi connectivity index (χ0n) is 19.8. The van der Waals surface area contributed by atoms with Crippen LogP contribution in [-0.2, 0) is 10.2 Å². The highest BCUT2D eigenvalue weighted by molar-refractivity contribution is 5.93. The Bertz CT molecular complexity index is 982. The van der Waals surface area contributed by atoms with E-state index in [1.54, 1.807) is 6.92 Å². The molecular weight excluding hydrogens is 392 g/mol. The van der Waals surface area contributed by atoms with Crippen LogP contribution in [0.2, 0.25) is 0 Å². The van der Waals surface area contributed by atoms with Gasteiger partial charge >= 0.3 is 0 Å². The zero-order valence-corrected chi connectivity index (χ0v) is 19.8. The number of rotatable bonds is 7. The van der Waals surface area contributed by atoms with E-state index in [-0.39, 0.29) is 5.78 Å². The molecule has 1 saturated heterocycles. The first-order chi connectivity index (χ1) is 15.5. The van der Waals surface area contributed by atoms with Crippen LogP contribution in [0.3, 0.4) is 0 Å². The molecule has 1 aliphatic heterocycles. The third-order valence-electron chi connectivity index (χ3n) is 7.29. The van der Waals surface area contributed by atoms with E-state index in [1.165, 1.54) is 22.4 Å². The minimum absolute atomic E-state index is 0.253. The number of carbonyl (C=O) groups excluding carboxylic acids is 1. The lowest BCUT2D eigenvalue weighted by molar-refractivity contribution is -0.121. The number of Topliss-reactive ketones (excluding diaryl/α,β-unsaturated/α-hetero) is 1. The maximum absolute atomic E-state index is 13.4. The molecule has 2 aromatic rings. The molecular formula is C29H36N2O. The van der Waals surface area contributed by atoms with Crippen LogP contribution in [0.5, 0.6) is 0 Å². The van der Waals surface area contributed by atoms with Crippen molar-refractivity contribution >= 4 is 11.5 Å². The summed E-state index contributed by atoms with van der Waals surface area (Å²) in [6.07, 6.45) is 7.53. The molecule has 2 aromatic carbocycles. The van der Waals surface area contributed by atoms with E-state index in [4.69, 9.17) is 0 Å². The van der Waals surface area contributed by atoms with E-state index in [9.17, 15) is 4.79 Å². The largest absolute Gasteiger partial charge is 0.369 e. The van der Waals surface area contributed by atoms with Crippen LogP contribution >= 0.6 is 0 Å². The lowest BCUT2D eigenvalue weighted by Crippen LogP contribution is -2.48. The van der Waals surface area contributed by atoms with Crippen molar-refractivity contribution in [3.8, 4) is 0 Å². The van der Waals surface area contributed by atoms with Gasteiger partial charge in [0, 0.05) is 31.9 Å². The number of hydrogen-bond acceptors (Lipinski definition) is 3. The zero-order chi connectivity index (χ0) is 22.6. The third kappa shape index (κ3) is 4.59. The highest BCUT2D eigenvalue weighted by atomic mass is 16.1. The number of allylic oxidation sites excluding steroid dienone is 4. The van der Waals surface area contributed by atoms with E-state index in [1.807, 2.05) is 6.07 Å². The molecule has 0 radical (unpaired) electrons. The van der Waals surface area contributed by atoms with Gasteiger partial charge in [0.25, 0.3) is 0 Å². The number of hydrogen-bond donors (Lipinski definition) is 0. The first-order valence-electron chi connectivity index (χ1n) is 12.0. The van der Waals surface area contributed by atoms with Crippen LogP contribution < -0.4 is 4.90 Å². The summed E-state index contributed by atoms with van der Waals surface area (Å²) in [7, 11) is 0. The molecule has 0 N–H and O–H groups in total. The van der Waals surface area contributed by atoms with Crippen LogP contribution in [-0.4, -0.2) is 43.4 Å². The topological polar surface area (TPSA) is 23.6 Å². The molecule has 1 aliphatic carbocycles. The molecule has 4 rings (SSSR count). The molecule has 3 heteroatoms. The molecule has 0 aromatic heterocycles. The lowest BCUT2D eigenvalue weighted by Gasteiger charge is -2.40. The molecule has 168 valence electrons. The molecule has 3 nitrogen and oxygen atoms in total. The van der Waals surface area contributed by atoms with E-state index in [2.05, 4.69) is 84.3 Å². The standard InChI is InChI=1S/C29H36N2O/c1-23-13-15-27(16-14-23)31-21-19-30(20-22-31)18-17-29(25(3)32,26-10-5-4-6-11-26)28-12-8-7-9-24(28)2/h4-6,9-16H,7-8,17-22H2,1-3H3. The quantitative estimate of drug-likeness (QED) is 0.565. The monoisotopic (exact) mass is 428 g/mol. The van der Waals surface area contributed by atoms with Gasteiger partial charge in [0.05, 0.1) is 5.41 Å². The van der Waals surface area contributed by atoms with Gasteiger partial charge in [0.2, 0.25) is 0 Å². The smallest absolute Gasteiger partial charge is 0.144 e. The minimum atomic E-state index is -0.559. The number of nitrogens with zero attached hydrogens (tertiary/aromatic N) is 2. The van der Waals surface area contributed by atoms with E-state index >= 15 is 0 Å². The number of ketones is 1. The maximum atomic E-state index is 13.4. The van der Waals surface area contributed by atoms with Crippen molar-refractivity contribution in [2.75, 3.05) is 37.6 Å².